The van der Waals surface area contributed by atoms with Crippen molar-refractivity contribution in [3.63, 3.8) is 0 Å². The Hall–Kier alpha value is -2.33. The lowest BCUT2D eigenvalue weighted by atomic mass is 10.1. The highest BCUT2D eigenvalue weighted by atomic mass is 16.7. The van der Waals surface area contributed by atoms with Crippen LogP contribution in [0.5, 0.6) is 5.75 Å². The smallest absolute Gasteiger partial charge is 0.241 e. The maximum atomic E-state index is 10.8. The summed E-state index contributed by atoms with van der Waals surface area (Å²) < 4.78 is 11.7. The summed E-state index contributed by atoms with van der Waals surface area (Å²) in [4.78, 5) is 10.8. The molecule has 1 amide bonds. The molecule has 23 heavy (non-hydrogen) atoms. The van der Waals surface area contributed by atoms with Crippen LogP contribution in [-0.2, 0) is 9.53 Å². The summed E-state index contributed by atoms with van der Waals surface area (Å²) in [6, 6.07) is 11.9. The Balaban J connectivity index is 1.76. The maximum absolute atomic E-state index is 10.8. The number of hydrogen-bond acceptors (Lipinski definition) is 3. The number of carbonyl (C=O) groups excluding carboxylic acids is 1. The molecule has 1 aliphatic rings. The van der Waals surface area contributed by atoms with Gasteiger partial charge < -0.3 is 15.2 Å². The Morgan fingerprint density at radius 2 is 2.00 bits per heavy atom. The minimum Gasteiger partial charge on any atom is -0.465 e. The van der Waals surface area contributed by atoms with Gasteiger partial charge in [-0.15, -0.1) is 0 Å². The maximum Gasteiger partial charge on any atom is 0.241 e. The molecule has 0 spiro atoms. The summed E-state index contributed by atoms with van der Waals surface area (Å²) in [6.45, 7) is 2.08. The van der Waals surface area contributed by atoms with E-state index in [2.05, 4.69) is 6.92 Å². The zero-order chi connectivity index (χ0) is 16.2. The lowest BCUT2D eigenvalue weighted by Crippen LogP contribution is -2.29. The highest BCUT2D eigenvalue weighted by Gasteiger charge is 2.20. The fraction of sp³-hybridized carbons (Fsp3) is 0.316. The van der Waals surface area contributed by atoms with Crippen molar-refractivity contribution in [2.24, 2.45) is 5.73 Å². The van der Waals surface area contributed by atoms with Gasteiger partial charge in [0.25, 0.3) is 0 Å². The van der Waals surface area contributed by atoms with E-state index in [1.165, 1.54) is 6.08 Å². The largest absolute Gasteiger partial charge is 0.465 e. The number of carbonyl (C=O) groups is 1. The third kappa shape index (κ3) is 4.11. The van der Waals surface area contributed by atoms with Crippen LogP contribution in [0, 0.1) is 0 Å². The van der Waals surface area contributed by atoms with Crippen LogP contribution in [0.4, 0.5) is 0 Å². The van der Waals surface area contributed by atoms with Crippen LogP contribution in [0.1, 0.15) is 31.7 Å². The summed E-state index contributed by atoms with van der Waals surface area (Å²) in [5.74, 6) is 0.368. The van der Waals surface area contributed by atoms with E-state index in [9.17, 15) is 4.79 Å². The van der Waals surface area contributed by atoms with Crippen molar-refractivity contribution in [2.75, 3.05) is 0 Å². The molecule has 1 saturated heterocycles. The van der Waals surface area contributed by atoms with Gasteiger partial charge in [0.15, 0.2) is 6.29 Å². The van der Waals surface area contributed by atoms with Gasteiger partial charge in [0, 0.05) is 12.5 Å². The molecule has 120 valence electrons. The van der Waals surface area contributed by atoms with Crippen molar-refractivity contribution in [3.8, 4) is 5.75 Å². The summed E-state index contributed by atoms with van der Waals surface area (Å²) in [7, 11) is 0. The first-order valence-electron chi connectivity index (χ1n) is 7.93. The van der Waals surface area contributed by atoms with Crippen molar-refractivity contribution in [1.29, 1.82) is 0 Å². The van der Waals surface area contributed by atoms with Crippen LogP contribution in [0.25, 0.3) is 16.8 Å². The van der Waals surface area contributed by atoms with E-state index >= 15 is 0 Å². The van der Waals surface area contributed by atoms with E-state index < -0.39 is 5.91 Å². The Bertz CT molecular complexity index is 738. The molecule has 0 aromatic heterocycles. The van der Waals surface area contributed by atoms with Crippen LogP contribution >= 0.6 is 0 Å². The van der Waals surface area contributed by atoms with Gasteiger partial charge in [-0.2, -0.15) is 0 Å². The van der Waals surface area contributed by atoms with Crippen molar-refractivity contribution >= 4 is 22.8 Å². The zero-order valence-corrected chi connectivity index (χ0v) is 13.2. The van der Waals surface area contributed by atoms with Crippen molar-refractivity contribution in [1.82, 2.24) is 0 Å². The highest BCUT2D eigenvalue weighted by Crippen LogP contribution is 2.26. The predicted molar refractivity (Wildman–Crippen MR) is 91.0 cm³/mol. The van der Waals surface area contributed by atoms with Gasteiger partial charge in [-0.25, -0.2) is 0 Å². The molecule has 0 bridgehead atoms. The number of ether oxygens (including phenoxy) is 2. The lowest BCUT2D eigenvalue weighted by molar-refractivity contribution is -0.141. The van der Waals surface area contributed by atoms with E-state index in [4.69, 9.17) is 15.2 Å². The fourth-order valence-electron chi connectivity index (χ4n) is 2.80. The summed E-state index contributed by atoms with van der Waals surface area (Å²) in [5.41, 5.74) is 6.06. The van der Waals surface area contributed by atoms with E-state index in [-0.39, 0.29) is 12.4 Å². The van der Waals surface area contributed by atoms with Crippen molar-refractivity contribution in [3.05, 3.63) is 48.0 Å². The van der Waals surface area contributed by atoms with Crippen molar-refractivity contribution < 1.29 is 14.3 Å². The third-order valence-electron chi connectivity index (χ3n) is 3.98. The summed E-state index contributed by atoms with van der Waals surface area (Å²) in [6.07, 6.45) is 6.33. The molecule has 2 atom stereocenters. The molecule has 0 radical (unpaired) electrons. The molecular weight excluding hydrogens is 290 g/mol. The van der Waals surface area contributed by atoms with E-state index in [1.807, 2.05) is 36.4 Å². The summed E-state index contributed by atoms with van der Waals surface area (Å²) in [5, 5.41) is 2.17. The average Bonchev–Trinajstić information content (AvgIpc) is 2.53. The molecule has 1 aliphatic heterocycles. The lowest BCUT2D eigenvalue weighted by Gasteiger charge is -2.28. The van der Waals surface area contributed by atoms with Crippen LogP contribution in [-0.4, -0.2) is 18.3 Å². The van der Waals surface area contributed by atoms with Crippen LogP contribution in [0.2, 0.25) is 0 Å². The highest BCUT2D eigenvalue weighted by molar-refractivity contribution is 5.92. The Kier molecular flexibility index (Phi) is 4.63. The molecule has 3 rings (SSSR count). The Labute approximate surface area is 135 Å². The molecule has 2 N–H and O–H groups in total. The Morgan fingerprint density at radius 3 is 2.78 bits per heavy atom. The fourth-order valence-corrected chi connectivity index (χ4v) is 2.80. The average molecular weight is 311 g/mol. The van der Waals surface area contributed by atoms with E-state index in [0.717, 1.165) is 41.3 Å². The molecule has 0 saturated carbocycles. The predicted octanol–water partition coefficient (Wildman–Crippen LogP) is 3.63. The van der Waals surface area contributed by atoms with E-state index in [1.54, 1.807) is 6.08 Å². The number of hydrogen-bond donors (Lipinski definition) is 1. The first-order valence-corrected chi connectivity index (χ1v) is 7.93. The van der Waals surface area contributed by atoms with Crippen molar-refractivity contribution in [2.45, 2.75) is 38.6 Å². The molecule has 1 fully saturated rings. The minimum absolute atomic E-state index is 0.158. The number of primary amides is 1. The molecule has 4 heteroatoms. The second kappa shape index (κ2) is 6.84. The zero-order valence-electron chi connectivity index (χ0n) is 13.2. The molecule has 4 nitrogen and oxygen atoms in total. The molecular formula is C19H21NO3. The number of rotatable bonds is 4. The second-order valence-corrected chi connectivity index (χ2v) is 5.93. The monoisotopic (exact) mass is 311 g/mol. The minimum atomic E-state index is -0.449. The number of nitrogens with two attached hydrogens (primary N) is 1. The number of fused-ring (bicyclic) bond motifs is 1. The van der Waals surface area contributed by atoms with Gasteiger partial charge in [-0.1, -0.05) is 18.2 Å². The normalized spacial score (nSPS) is 21.6. The third-order valence-corrected chi connectivity index (χ3v) is 3.98. The molecule has 2 aromatic carbocycles. The molecule has 1 unspecified atom stereocenters. The van der Waals surface area contributed by atoms with E-state index in [0.29, 0.717) is 0 Å². The number of benzene rings is 2. The summed E-state index contributed by atoms with van der Waals surface area (Å²) >= 11 is 0. The van der Waals surface area contributed by atoms with Gasteiger partial charge in [-0.05, 0) is 60.4 Å². The number of amides is 1. The SMILES string of the molecule is CC1CCC[C@@H](Oc2ccc3cc(/C=C/C(N)=O)ccc3c2)O1. The van der Waals surface area contributed by atoms with Crippen LogP contribution < -0.4 is 10.5 Å². The first-order chi connectivity index (χ1) is 11.1. The van der Waals surface area contributed by atoms with Gasteiger partial charge in [0.05, 0.1) is 6.10 Å². The standard InChI is InChI=1S/C19H21NO3/c1-13-3-2-4-19(22-13)23-17-9-8-15-11-14(6-10-18(20)21)5-7-16(15)12-17/h5-13,19H,2-4H2,1H3,(H2,20,21)/b10-6+/t13?,19-/m1/s1. The van der Waals surface area contributed by atoms with Gasteiger partial charge >= 0.3 is 0 Å². The van der Waals surface area contributed by atoms with Crippen LogP contribution in [0.3, 0.4) is 0 Å². The van der Waals surface area contributed by atoms with Gasteiger partial charge in [0.2, 0.25) is 5.91 Å². The van der Waals surface area contributed by atoms with Crippen LogP contribution in [0.15, 0.2) is 42.5 Å². The quantitative estimate of drug-likeness (QED) is 0.877. The van der Waals surface area contributed by atoms with Gasteiger partial charge in [-0.3, -0.25) is 4.79 Å². The first kappa shape index (κ1) is 15.6. The molecule has 1 heterocycles. The topological polar surface area (TPSA) is 61.5 Å². The van der Waals surface area contributed by atoms with Gasteiger partial charge in [0.1, 0.15) is 5.75 Å². The molecule has 2 aromatic rings. The second-order valence-electron chi connectivity index (χ2n) is 5.93. The molecule has 0 aliphatic carbocycles. The Morgan fingerprint density at radius 1 is 1.22 bits per heavy atom.